The summed E-state index contributed by atoms with van der Waals surface area (Å²) in [4.78, 5) is 64.7. The van der Waals surface area contributed by atoms with E-state index in [0.717, 1.165) is 0 Å². The van der Waals surface area contributed by atoms with Crippen LogP contribution in [-0.4, -0.2) is 126 Å². The van der Waals surface area contributed by atoms with Gasteiger partial charge in [-0.1, -0.05) is 0 Å². The third-order valence-electron chi connectivity index (χ3n) is 5.10. The molecule has 0 aromatic carbocycles. The van der Waals surface area contributed by atoms with Crippen molar-refractivity contribution in [3.8, 4) is 0 Å². The fourth-order valence-corrected chi connectivity index (χ4v) is 3.80. The molecule has 1 unspecified atom stereocenters. The topological polar surface area (TPSA) is 176 Å². The van der Waals surface area contributed by atoms with E-state index >= 15 is 0 Å². The van der Waals surface area contributed by atoms with Gasteiger partial charge in [0.2, 0.25) is 5.91 Å². The van der Waals surface area contributed by atoms with Crippen LogP contribution in [0.3, 0.4) is 0 Å². The van der Waals surface area contributed by atoms with Gasteiger partial charge < -0.3 is 40.2 Å². The number of carbonyl (C=O) groups excluding carboxylic acids is 4. The summed E-state index contributed by atoms with van der Waals surface area (Å²) in [6.07, 6.45) is 0.248. The summed E-state index contributed by atoms with van der Waals surface area (Å²) in [6.45, 7) is 16.3. The van der Waals surface area contributed by atoms with E-state index in [1.165, 1.54) is 16.7 Å². The number of alkyl carbamates (subject to hydrolysis) is 2. The van der Waals surface area contributed by atoms with Crippen LogP contribution in [0.2, 0.25) is 0 Å². The summed E-state index contributed by atoms with van der Waals surface area (Å²) in [5.41, 5.74) is -2.14. The van der Waals surface area contributed by atoms with Crippen molar-refractivity contribution in [2.45, 2.75) is 91.6 Å². The highest BCUT2D eigenvalue weighted by molar-refractivity contribution is 7.98. The van der Waals surface area contributed by atoms with Gasteiger partial charge in [-0.05, 0) is 80.7 Å². The number of thioether (sulfide) groups is 1. The normalized spacial score (nSPS) is 12.6. The minimum atomic E-state index is -1.13. The number of carboxylic acid groups (broad SMARTS) is 1. The van der Waals surface area contributed by atoms with Crippen LogP contribution in [0.15, 0.2) is 0 Å². The second-order valence-electron chi connectivity index (χ2n) is 12.8. The molecule has 0 saturated heterocycles. The van der Waals surface area contributed by atoms with Crippen LogP contribution in [-0.2, 0) is 23.8 Å². The maximum Gasteiger partial charge on any atom is 0.410 e. The largest absolute Gasteiger partial charge is 0.480 e. The zero-order valence-corrected chi connectivity index (χ0v) is 28.3. The van der Waals surface area contributed by atoms with Crippen LogP contribution in [0.25, 0.3) is 0 Å². The van der Waals surface area contributed by atoms with E-state index in [2.05, 4.69) is 16.0 Å². The monoisotopic (exact) mass is 635 g/mol. The maximum atomic E-state index is 13.0. The predicted molar refractivity (Wildman–Crippen MR) is 165 cm³/mol. The van der Waals surface area contributed by atoms with Crippen LogP contribution in [0.1, 0.15) is 68.7 Å². The van der Waals surface area contributed by atoms with Gasteiger partial charge in [0.1, 0.15) is 22.8 Å². The Hall–Kier alpha value is -2.94. The highest BCUT2D eigenvalue weighted by atomic mass is 32.2. The van der Waals surface area contributed by atoms with E-state index in [1.54, 1.807) is 67.2 Å². The molecule has 0 spiro atoms. The molecule has 0 fully saturated rings. The molecule has 250 valence electrons. The molecule has 0 rings (SSSR count). The Labute approximate surface area is 260 Å². The quantitative estimate of drug-likeness (QED) is 0.184. The van der Waals surface area contributed by atoms with Gasteiger partial charge in [-0.2, -0.15) is 11.8 Å². The van der Waals surface area contributed by atoms with E-state index in [9.17, 15) is 29.1 Å². The standard InChI is InChI=1S/C28H53N5O9S/c1-26(2,3)40-23(37)29-12-14-32(19-21(34)31-20(22(35)36)11-18-43-10)16-17-33(25(39)42-28(7,8)9)15-13-30-24(38)41-27(4,5)6/h20H,11-19H2,1-10H3,(H,29,37)(H,30,38)(H,31,34)(H,35,36). The van der Waals surface area contributed by atoms with Gasteiger partial charge in [0, 0.05) is 39.3 Å². The molecule has 14 nitrogen and oxygen atoms in total. The summed E-state index contributed by atoms with van der Waals surface area (Å²) >= 11 is 1.47. The molecular weight excluding hydrogens is 582 g/mol. The Bertz CT molecular complexity index is 914. The van der Waals surface area contributed by atoms with Crippen molar-refractivity contribution >= 4 is 41.9 Å². The molecule has 0 heterocycles. The number of ether oxygens (including phenoxy) is 3. The molecule has 0 aromatic heterocycles. The average Bonchev–Trinajstić information content (AvgIpc) is 2.79. The zero-order valence-electron chi connectivity index (χ0n) is 27.5. The second-order valence-corrected chi connectivity index (χ2v) is 13.8. The third kappa shape index (κ3) is 22.3. The van der Waals surface area contributed by atoms with E-state index in [4.69, 9.17) is 14.2 Å². The number of nitrogens with zero attached hydrogens (tertiary/aromatic N) is 2. The van der Waals surface area contributed by atoms with Crippen LogP contribution in [0.4, 0.5) is 14.4 Å². The van der Waals surface area contributed by atoms with Crippen molar-refractivity contribution in [2.24, 2.45) is 0 Å². The van der Waals surface area contributed by atoms with E-state index in [0.29, 0.717) is 5.75 Å². The summed E-state index contributed by atoms with van der Waals surface area (Å²) in [5, 5.41) is 17.3. The number of carboxylic acids is 1. The third-order valence-corrected chi connectivity index (χ3v) is 5.74. The molecule has 4 amide bonds. The lowest BCUT2D eigenvalue weighted by atomic mass is 10.2. The first-order valence-electron chi connectivity index (χ1n) is 14.3. The molecule has 0 radical (unpaired) electrons. The lowest BCUT2D eigenvalue weighted by Crippen LogP contribution is -2.50. The van der Waals surface area contributed by atoms with Gasteiger partial charge in [-0.15, -0.1) is 0 Å². The molecule has 0 aliphatic heterocycles. The number of rotatable bonds is 16. The summed E-state index contributed by atoms with van der Waals surface area (Å²) in [6, 6.07) is -1.04. The van der Waals surface area contributed by atoms with Gasteiger partial charge in [0.05, 0.1) is 6.54 Å². The smallest absolute Gasteiger partial charge is 0.410 e. The van der Waals surface area contributed by atoms with Crippen molar-refractivity contribution in [2.75, 3.05) is 57.8 Å². The molecular formula is C28H53N5O9S. The van der Waals surface area contributed by atoms with E-state index < -0.39 is 53.0 Å². The van der Waals surface area contributed by atoms with Gasteiger partial charge in [-0.3, -0.25) is 9.69 Å². The number of hydrogen-bond donors (Lipinski definition) is 4. The zero-order chi connectivity index (χ0) is 33.4. The van der Waals surface area contributed by atoms with Crippen LogP contribution in [0.5, 0.6) is 0 Å². The average molecular weight is 636 g/mol. The molecule has 0 bridgehead atoms. The number of nitrogens with one attached hydrogen (secondary N) is 3. The van der Waals surface area contributed by atoms with Crippen LogP contribution in [0, 0.1) is 0 Å². The Morgan fingerprint density at radius 2 is 1.23 bits per heavy atom. The molecule has 4 N–H and O–H groups in total. The van der Waals surface area contributed by atoms with Gasteiger partial charge >= 0.3 is 24.2 Å². The van der Waals surface area contributed by atoms with Gasteiger partial charge in [0.15, 0.2) is 0 Å². The molecule has 0 aliphatic rings. The number of carbonyl (C=O) groups is 5. The molecule has 1 atom stereocenters. The SMILES string of the molecule is CSCCC(NC(=O)CN(CCNC(=O)OC(C)(C)C)CCN(CCNC(=O)OC(C)(C)C)C(=O)OC(C)(C)C)C(=O)O. The van der Waals surface area contributed by atoms with Gasteiger partial charge in [0.25, 0.3) is 0 Å². The number of amides is 4. The Balaban J connectivity index is 5.58. The maximum absolute atomic E-state index is 13.0. The fourth-order valence-electron chi connectivity index (χ4n) is 3.33. The fraction of sp³-hybridized carbons (Fsp3) is 0.821. The molecule has 0 aliphatic carbocycles. The Morgan fingerprint density at radius 3 is 1.67 bits per heavy atom. The Kier molecular flexibility index (Phi) is 17.4. The first-order valence-corrected chi connectivity index (χ1v) is 15.7. The van der Waals surface area contributed by atoms with Crippen LogP contribution >= 0.6 is 11.8 Å². The highest BCUT2D eigenvalue weighted by Crippen LogP contribution is 2.11. The van der Waals surface area contributed by atoms with Crippen molar-refractivity contribution < 1.29 is 43.3 Å². The summed E-state index contributed by atoms with van der Waals surface area (Å²) in [7, 11) is 0. The van der Waals surface area contributed by atoms with Crippen molar-refractivity contribution in [1.29, 1.82) is 0 Å². The number of hydrogen-bond acceptors (Lipinski definition) is 10. The summed E-state index contributed by atoms with van der Waals surface area (Å²) in [5.74, 6) is -1.08. The minimum Gasteiger partial charge on any atom is -0.480 e. The van der Waals surface area contributed by atoms with E-state index in [-0.39, 0.29) is 52.2 Å². The van der Waals surface area contributed by atoms with Crippen molar-refractivity contribution in [3.63, 3.8) is 0 Å². The lowest BCUT2D eigenvalue weighted by Gasteiger charge is -2.30. The van der Waals surface area contributed by atoms with Gasteiger partial charge in [-0.25, -0.2) is 19.2 Å². The van der Waals surface area contributed by atoms with E-state index in [1.807, 2.05) is 6.26 Å². The Morgan fingerprint density at radius 1 is 0.744 bits per heavy atom. The van der Waals surface area contributed by atoms with Crippen LogP contribution < -0.4 is 16.0 Å². The lowest BCUT2D eigenvalue weighted by molar-refractivity contribution is -0.142. The molecule has 0 aromatic rings. The highest BCUT2D eigenvalue weighted by Gasteiger charge is 2.25. The minimum absolute atomic E-state index is 0.0879. The summed E-state index contributed by atoms with van der Waals surface area (Å²) < 4.78 is 16.0. The van der Waals surface area contributed by atoms with Crippen molar-refractivity contribution in [1.82, 2.24) is 25.8 Å². The molecule has 0 saturated carbocycles. The van der Waals surface area contributed by atoms with Crippen molar-refractivity contribution in [3.05, 3.63) is 0 Å². The molecule has 43 heavy (non-hydrogen) atoms. The first kappa shape index (κ1) is 40.1. The second kappa shape index (κ2) is 18.7. The predicted octanol–water partition coefficient (Wildman–Crippen LogP) is 2.90. The number of aliphatic carboxylic acids is 1. The molecule has 15 heteroatoms. The first-order chi connectivity index (χ1) is 19.6.